The fourth-order valence-electron chi connectivity index (χ4n) is 0.730. The molecule has 0 saturated heterocycles. The summed E-state index contributed by atoms with van der Waals surface area (Å²) in [6.45, 7) is -0.736. The van der Waals surface area contributed by atoms with E-state index in [-0.39, 0.29) is 12.2 Å². The first-order chi connectivity index (χ1) is 6.76. The number of carbonyl (C=O) groups excluding carboxylic acids is 1. The maximum atomic E-state index is 11.0. The minimum atomic E-state index is -3.25. The van der Waals surface area contributed by atoms with Gasteiger partial charge in [-0.3, -0.25) is 4.79 Å². The van der Waals surface area contributed by atoms with Gasteiger partial charge in [-0.05, 0) is 0 Å². The fraction of sp³-hybridized carbons (Fsp3) is 0.714. The number of aliphatic hydroxyl groups excluding tert-OH is 1. The lowest BCUT2D eigenvalue weighted by Crippen LogP contribution is -2.43. The Morgan fingerprint density at radius 3 is 2.27 bits per heavy atom. The van der Waals surface area contributed by atoms with Crippen molar-refractivity contribution in [2.75, 3.05) is 18.6 Å². The van der Waals surface area contributed by atoms with Crippen LogP contribution in [0, 0.1) is 0 Å². The van der Waals surface area contributed by atoms with E-state index in [1.807, 2.05) is 5.32 Å². The summed E-state index contributed by atoms with van der Waals surface area (Å²) in [6, 6.07) is -1.39. The van der Waals surface area contributed by atoms with Gasteiger partial charge in [0.15, 0.2) is 0 Å². The molecule has 7 nitrogen and oxygen atoms in total. The highest BCUT2D eigenvalue weighted by molar-refractivity contribution is 7.90. The summed E-state index contributed by atoms with van der Waals surface area (Å²) in [6.07, 6.45) is 0.656. The number of rotatable bonds is 6. The third-order valence-electron chi connectivity index (χ3n) is 1.52. The molecule has 88 valence electrons. The summed E-state index contributed by atoms with van der Waals surface area (Å²) < 4.78 is 21.4. The van der Waals surface area contributed by atoms with Crippen LogP contribution < -0.4 is 5.32 Å². The summed E-state index contributed by atoms with van der Waals surface area (Å²) in [7, 11) is -3.25. The Balaban J connectivity index is 4.09. The van der Waals surface area contributed by atoms with Crippen molar-refractivity contribution in [3.63, 3.8) is 0 Å². The second-order valence-corrected chi connectivity index (χ2v) is 5.28. The van der Waals surface area contributed by atoms with Crippen molar-refractivity contribution in [2.45, 2.75) is 12.5 Å². The number of carboxylic acid groups (broad SMARTS) is 1. The standard InChI is InChI=1S/C7H13NO6S/c1-15(13,14)3-2-6(10)8-5(4-9)7(11)12/h5,9H,2-4H2,1H3,(H,8,10)(H,11,12)/t5-/m0/s1. The number of carbonyl (C=O) groups is 2. The van der Waals surface area contributed by atoms with Crippen LogP contribution in [0.15, 0.2) is 0 Å². The molecule has 0 heterocycles. The van der Waals surface area contributed by atoms with Crippen LogP contribution in [0.2, 0.25) is 0 Å². The van der Waals surface area contributed by atoms with Gasteiger partial charge in [0.25, 0.3) is 0 Å². The summed E-state index contributed by atoms with van der Waals surface area (Å²) in [5.41, 5.74) is 0. The van der Waals surface area contributed by atoms with E-state index in [1.54, 1.807) is 0 Å². The average Bonchev–Trinajstić information content (AvgIpc) is 2.09. The first kappa shape index (κ1) is 13.8. The lowest BCUT2D eigenvalue weighted by Gasteiger charge is -2.10. The molecule has 0 aromatic heterocycles. The molecule has 0 aliphatic carbocycles. The van der Waals surface area contributed by atoms with E-state index in [0.717, 1.165) is 6.26 Å². The molecule has 0 aromatic rings. The van der Waals surface area contributed by atoms with Crippen molar-refractivity contribution in [1.82, 2.24) is 5.32 Å². The maximum Gasteiger partial charge on any atom is 0.328 e. The Kier molecular flexibility index (Phi) is 5.23. The molecule has 0 fully saturated rings. The Hall–Kier alpha value is -1.15. The number of sulfone groups is 1. The highest BCUT2D eigenvalue weighted by Crippen LogP contribution is 1.91. The molecule has 0 rings (SSSR count). The van der Waals surface area contributed by atoms with Crippen molar-refractivity contribution in [3.8, 4) is 0 Å². The van der Waals surface area contributed by atoms with Crippen LogP contribution in [0.4, 0.5) is 0 Å². The van der Waals surface area contributed by atoms with E-state index in [4.69, 9.17) is 10.2 Å². The first-order valence-corrected chi connectivity index (χ1v) is 6.13. The van der Waals surface area contributed by atoms with E-state index in [9.17, 15) is 18.0 Å². The lowest BCUT2D eigenvalue weighted by molar-refractivity contribution is -0.142. The zero-order valence-electron chi connectivity index (χ0n) is 8.13. The molecule has 8 heteroatoms. The van der Waals surface area contributed by atoms with Crippen LogP contribution in [0.1, 0.15) is 6.42 Å². The molecule has 0 unspecified atom stereocenters. The van der Waals surface area contributed by atoms with Crippen molar-refractivity contribution >= 4 is 21.7 Å². The summed E-state index contributed by atoms with van der Waals surface area (Å²) >= 11 is 0. The first-order valence-electron chi connectivity index (χ1n) is 4.07. The summed E-state index contributed by atoms with van der Waals surface area (Å²) in [4.78, 5) is 21.4. The molecule has 0 radical (unpaired) electrons. The number of aliphatic carboxylic acids is 1. The third-order valence-corrected chi connectivity index (χ3v) is 2.46. The van der Waals surface area contributed by atoms with Crippen molar-refractivity contribution in [1.29, 1.82) is 0 Å². The molecular weight excluding hydrogens is 226 g/mol. The Morgan fingerprint density at radius 2 is 1.93 bits per heavy atom. The third kappa shape index (κ3) is 6.86. The fourth-order valence-corrected chi connectivity index (χ4v) is 1.29. The number of aliphatic hydroxyl groups is 1. The largest absolute Gasteiger partial charge is 0.480 e. The number of carboxylic acids is 1. The van der Waals surface area contributed by atoms with E-state index in [2.05, 4.69) is 0 Å². The highest BCUT2D eigenvalue weighted by Gasteiger charge is 2.19. The van der Waals surface area contributed by atoms with E-state index >= 15 is 0 Å². The molecule has 15 heavy (non-hydrogen) atoms. The van der Waals surface area contributed by atoms with Gasteiger partial charge in [-0.1, -0.05) is 0 Å². The van der Waals surface area contributed by atoms with Crippen LogP contribution in [-0.2, 0) is 19.4 Å². The second kappa shape index (κ2) is 5.66. The van der Waals surface area contributed by atoms with Gasteiger partial charge in [-0.15, -0.1) is 0 Å². The van der Waals surface area contributed by atoms with Gasteiger partial charge >= 0.3 is 5.97 Å². The van der Waals surface area contributed by atoms with Gasteiger partial charge in [0.05, 0.1) is 12.4 Å². The average molecular weight is 239 g/mol. The van der Waals surface area contributed by atoms with E-state index < -0.39 is 34.4 Å². The quantitative estimate of drug-likeness (QED) is 0.492. The van der Waals surface area contributed by atoms with Gasteiger partial charge in [-0.25, -0.2) is 13.2 Å². The number of nitrogens with one attached hydrogen (secondary N) is 1. The number of hydrogen-bond donors (Lipinski definition) is 3. The lowest BCUT2D eigenvalue weighted by atomic mass is 10.3. The molecule has 0 spiro atoms. The molecule has 0 saturated carbocycles. The molecule has 0 aliphatic rings. The predicted molar refractivity (Wildman–Crippen MR) is 51.0 cm³/mol. The molecule has 0 bridgehead atoms. The molecule has 1 amide bonds. The Labute approximate surface area is 87.0 Å². The second-order valence-electron chi connectivity index (χ2n) is 3.02. The highest BCUT2D eigenvalue weighted by atomic mass is 32.2. The van der Waals surface area contributed by atoms with Crippen molar-refractivity contribution in [2.24, 2.45) is 0 Å². The number of amides is 1. The molecule has 0 aromatic carbocycles. The van der Waals surface area contributed by atoms with Crippen LogP contribution in [0.3, 0.4) is 0 Å². The zero-order chi connectivity index (χ0) is 12.1. The summed E-state index contributed by atoms with van der Waals surface area (Å²) in [5, 5.41) is 19.0. The minimum Gasteiger partial charge on any atom is -0.480 e. The van der Waals surface area contributed by atoms with E-state index in [0.29, 0.717) is 0 Å². The number of hydrogen-bond acceptors (Lipinski definition) is 5. The summed E-state index contributed by atoms with van der Waals surface area (Å²) in [5.74, 6) is -2.44. The van der Waals surface area contributed by atoms with Crippen LogP contribution in [0.5, 0.6) is 0 Å². The smallest absolute Gasteiger partial charge is 0.328 e. The van der Waals surface area contributed by atoms with Crippen LogP contribution >= 0.6 is 0 Å². The minimum absolute atomic E-state index is 0.317. The van der Waals surface area contributed by atoms with E-state index in [1.165, 1.54) is 0 Å². The predicted octanol–water partition coefficient (Wildman–Crippen LogP) is -2.02. The van der Waals surface area contributed by atoms with Crippen molar-refractivity contribution < 1.29 is 28.2 Å². The van der Waals surface area contributed by atoms with Gasteiger partial charge in [0.2, 0.25) is 5.91 Å². The van der Waals surface area contributed by atoms with Crippen LogP contribution in [-0.4, -0.2) is 55.2 Å². The van der Waals surface area contributed by atoms with Gasteiger partial charge < -0.3 is 15.5 Å². The molecule has 1 atom stereocenters. The Bertz CT molecular complexity index is 335. The van der Waals surface area contributed by atoms with Gasteiger partial charge in [-0.2, -0.15) is 0 Å². The monoisotopic (exact) mass is 239 g/mol. The van der Waals surface area contributed by atoms with Gasteiger partial charge in [0.1, 0.15) is 15.9 Å². The Morgan fingerprint density at radius 1 is 1.40 bits per heavy atom. The van der Waals surface area contributed by atoms with Crippen molar-refractivity contribution in [3.05, 3.63) is 0 Å². The topological polar surface area (TPSA) is 121 Å². The SMILES string of the molecule is CS(=O)(=O)CCC(=O)N[C@@H](CO)C(=O)O. The van der Waals surface area contributed by atoms with Crippen LogP contribution in [0.25, 0.3) is 0 Å². The molecule has 3 N–H and O–H groups in total. The van der Waals surface area contributed by atoms with Gasteiger partial charge in [0, 0.05) is 12.7 Å². The molecule has 0 aliphatic heterocycles. The normalized spacial score (nSPS) is 13.2. The maximum absolute atomic E-state index is 11.0. The molecular formula is C7H13NO6S. The zero-order valence-corrected chi connectivity index (χ0v) is 8.95.